The third-order valence-corrected chi connectivity index (χ3v) is 8.55. The molecule has 0 unspecified atom stereocenters. The molecule has 32 heavy (non-hydrogen) atoms. The lowest BCUT2D eigenvalue weighted by atomic mass is 10.2. The molecule has 166 valence electrons. The molecule has 2 aromatic carbocycles. The largest absolute Gasteiger partial charge is 0.360 e. The Labute approximate surface area is 194 Å². The molecule has 12 heteroatoms. The Balaban J connectivity index is 1.69. The van der Waals surface area contributed by atoms with Crippen molar-refractivity contribution in [2.75, 3.05) is 9.62 Å². The number of carbonyl (C=O) groups is 1. The minimum atomic E-state index is -4.17. The zero-order valence-corrected chi connectivity index (χ0v) is 19.4. The van der Waals surface area contributed by atoms with E-state index >= 15 is 0 Å². The number of thiophene rings is 1. The van der Waals surface area contributed by atoms with Gasteiger partial charge in [0.15, 0.2) is 4.91 Å². The van der Waals surface area contributed by atoms with E-state index in [0.29, 0.717) is 26.8 Å². The number of allylic oxidation sites excluding steroid dienone is 1. The van der Waals surface area contributed by atoms with Gasteiger partial charge in [0.25, 0.3) is 10.0 Å². The van der Waals surface area contributed by atoms with Gasteiger partial charge in [-0.1, -0.05) is 23.7 Å². The smallest absolute Gasteiger partial charge is 0.270 e. The quantitative estimate of drug-likeness (QED) is 0.506. The van der Waals surface area contributed by atoms with E-state index in [4.69, 9.17) is 16.7 Å². The second-order valence-corrected chi connectivity index (χ2v) is 11.6. The van der Waals surface area contributed by atoms with Crippen LogP contribution in [0.3, 0.4) is 0 Å². The summed E-state index contributed by atoms with van der Waals surface area (Å²) in [6.45, 7) is 0.0247. The summed E-state index contributed by atoms with van der Waals surface area (Å²) >= 11 is 7.07. The molecule has 0 spiro atoms. The number of nitrogens with zero attached hydrogens (tertiary/aromatic N) is 1. The van der Waals surface area contributed by atoms with E-state index < -0.39 is 30.7 Å². The van der Waals surface area contributed by atoms with Crippen molar-refractivity contribution in [1.82, 2.24) is 0 Å². The maximum Gasteiger partial charge on any atom is 0.270 e. The maximum atomic E-state index is 13.3. The Morgan fingerprint density at radius 1 is 1.06 bits per heavy atom. The number of hydrogen-bond donors (Lipinski definition) is 2. The summed E-state index contributed by atoms with van der Waals surface area (Å²) in [5, 5.41) is 10.0. The molecule has 0 saturated heterocycles. The third-order valence-electron chi connectivity index (χ3n) is 4.70. The van der Waals surface area contributed by atoms with E-state index in [-0.39, 0.29) is 11.4 Å². The molecule has 2 heterocycles. The molecule has 3 N–H and O–H groups in total. The predicted molar refractivity (Wildman–Crippen MR) is 125 cm³/mol. The fourth-order valence-electron chi connectivity index (χ4n) is 3.10. The number of Topliss-reactive ketones (excluding diaryl/α,β-unsaturated/α-hetero) is 1. The van der Waals surface area contributed by atoms with E-state index in [9.17, 15) is 21.6 Å². The molecule has 0 radical (unpaired) electrons. The fourth-order valence-corrected chi connectivity index (χ4v) is 6.23. The molecule has 4 rings (SSSR count). The molecule has 3 aromatic rings. The molecule has 1 aliphatic heterocycles. The minimum absolute atomic E-state index is 0.0247. The van der Waals surface area contributed by atoms with Gasteiger partial charge in [0.1, 0.15) is 4.88 Å². The van der Waals surface area contributed by atoms with Gasteiger partial charge < -0.3 is 5.32 Å². The van der Waals surface area contributed by atoms with Crippen LogP contribution in [0.25, 0.3) is 0 Å². The molecule has 8 nitrogen and oxygen atoms in total. The van der Waals surface area contributed by atoms with Crippen molar-refractivity contribution >= 4 is 60.1 Å². The monoisotopic (exact) mass is 509 g/mol. The molecule has 0 atom stereocenters. The van der Waals surface area contributed by atoms with Crippen molar-refractivity contribution in [2.24, 2.45) is 5.14 Å². The highest BCUT2D eigenvalue weighted by Crippen LogP contribution is 2.39. The van der Waals surface area contributed by atoms with Gasteiger partial charge in [-0.15, -0.1) is 11.3 Å². The Kier molecular flexibility index (Phi) is 5.86. The summed E-state index contributed by atoms with van der Waals surface area (Å²) in [4.78, 5) is 12.7. The summed E-state index contributed by atoms with van der Waals surface area (Å²) in [6, 6.07) is 13.7. The number of primary sulfonamides is 1. The highest BCUT2D eigenvalue weighted by Gasteiger charge is 2.41. The van der Waals surface area contributed by atoms with E-state index in [2.05, 4.69) is 5.32 Å². The van der Waals surface area contributed by atoms with E-state index in [1.54, 1.807) is 35.7 Å². The van der Waals surface area contributed by atoms with Crippen molar-refractivity contribution in [3.63, 3.8) is 0 Å². The standard InChI is InChI=1S/C20H16ClN3O5S3/c21-14-3-1-13(2-4-14)12-24-17-9-10-30-20(17)19(25)18(32(24,28)29)11-23-15-5-7-16(8-6-15)31(22,26)27/h1-11,23H,12H2,(H2,22,26,27). The molecule has 1 aromatic heterocycles. The second-order valence-electron chi connectivity index (χ2n) is 6.82. The molecular weight excluding hydrogens is 494 g/mol. The number of nitrogens with one attached hydrogen (secondary N) is 1. The normalized spacial score (nSPS) is 16.8. The lowest BCUT2D eigenvalue weighted by Gasteiger charge is -2.29. The summed E-state index contributed by atoms with van der Waals surface area (Å²) < 4.78 is 50.6. The highest BCUT2D eigenvalue weighted by molar-refractivity contribution is 7.97. The Morgan fingerprint density at radius 2 is 1.72 bits per heavy atom. The maximum absolute atomic E-state index is 13.3. The number of benzene rings is 2. The first-order valence-electron chi connectivity index (χ1n) is 9.06. The average molecular weight is 510 g/mol. The Hall–Kier alpha value is -2.70. The molecule has 0 fully saturated rings. The summed E-state index contributed by atoms with van der Waals surface area (Å²) in [7, 11) is -8.02. The van der Waals surface area contributed by atoms with E-state index in [0.717, 1.165) is 17.5 Å². The highest BCUT2D eigenvalue weighted by atomic mass is 35.5. The number of carbonyl (C=O) groups excluding carboxylic acids is 1. The van der Waals surface area contributed by atoms with Crippen molar-refractivity contribution < 1.29 is 21.6 Å². The van der Waals surface area contributed by atoms with Crippen LogP contribution in [0.1, 0.15) is 15.2 Å². The summed E-state index contributed by atoms with van der Waals surface area (Å²) in [5.41, 5.74) is 1.41. The number of rotatable bonds is 5. The first-order valence-corrected chi connectivity index (χ1v) is 13.3. The number of anilines is 2. The van der Waals surface area contributed by atoms with Crippen LogP contribution in [-0.2, 0) is 26.6 Å². The number of halogens is 1. The number of fused-ring (bicyclic) bond motifs is 1. The van der Waals surface area contributed by atoms with Crippen LogP contribution in [0.15, 0.2) is 76.0 Å². The van der Waals surface area contributed by atoms with Gasteiger partial charge in [0.2, 0.25) is 15.8 Å². The van der Waals surface area contributed by atoms with Gasteiger partial charge >= 0.3 is 0 Å². The van der Waals surface area contributed by atoms with Gasteiger partial charge in [0.05, 0.1) is 17.1 Å². The van der Waals surface area contributed by atoms with Crippen LogP contribution in [-0.4, -0.2) is 22.6 Å². The zero-order valence-electron chi connectivity index (χ0n) is 16.2. The molecule has 0 amide bonds. The summed E-state index contributed by atoms with van der Waals surface area (Å²) in [6.07, 6.45) is 1.11. The van der Waals surface area contributed by atoms with Crippen LogP contribution in [0.5, 0.6) is 0 Å². The zero-order chi connectivity index (χ0) is 23.1. The molecule has 0 aliphatic carbocycles. The Morgan fingerprint density at radius 3 is 2.34 bits per heavy atom. The molecule has 1 aliphatic rings. The number of nitrogens with two attached hydrogens (primary N) is 1. The van der Waals surface area contributed by atoms with Gasteiger partial charge in [0, 0.05) is 16.9 Å². The van der Waals surface area contributed by atoms with Crippen molar-refractivity contribution in [3.05, 3.63) is 86.5 Å². The second kappa shape index (κ2) is 8.34. The predicted octanol–water partition coefficient (Wildman–Crippen LogP) is 3.54. The third kappa shape index (κ3) is 4.30. The van der Waals surface area contributed by atoms with Gasteiger partial charge in [-0.05, 0) is 53.4 Å². The minimum Gasteiger partial charge on any atom is -0.360 e. The van der Waals surface area contributed by atoms with Crippen LogP contribution in [0, 0.1) is 0 Å². The fraction of sp³-hybridized carbons (Fsp3) is 0.0500. The molecular formula is C20H16ClN3O5S3. The SMILES string of the molecule is NS(=O)(=O)c1ccc(NC=C2C(=O)c3sccc3N(Cc3ccc(Cl)cc3)S2(=O)=O)cc1. The van der Waals surface area contributed by atoms with E-state index in [1.807, 2.05) is 0 Å². The first kappa shape index (κ1) is 22.5. The lowest BCUT2D eigenvalue weighted by Crippen LogP contribution is -2.38. The first-order chi connectivity index (χ1) is 15.1. The lowest BCUT2D eigenvalue weighted by molar-refractivity contribution is 0.104. The number of sulfonamides is 2. The van der Waals surface area contributed by atoms with Crippen LogP contribution < -0.4 is 14.8 Å². The van der Waals surface area contributed by atoms with Crippen LogP contribution >= 0.6 is 22.9 Å². The topological polar surface area (TPSA) is 127 Å². The van der Waals surface area contributed by atoms with Gasteiger partial charge in [-0.2, -0.15) is 0 Å². The molecule has 0 bridgehead atoms. The van der Waals surface area contributed by atoms with Crippen LogP contribution in [0.4, 0.5) is 11.4 Å². The average Bonchev–Trinajstić information content (AvgIpc) is 3.22. The number of ketones is 1. The molecule has 0 saturated carbocycles. The van der Waals surface area contributed by atoms with Crippen molar-refractivity contribution in [1.29, 1.82) is 0 Å². The summed E-state index contributed by atoms with van der Waals surface area (Å²) in [5.74, 6) is -0.615. The van der Waals surface area contributed by atoms with Crippen LogP contribution in [0.2, 0.25) is 5.02 Å². The number of hydrogen-bond acceptors (Lipinski definition) is 7. The van der Waals surface area contributed by atoms with Crippen molar-refractivity contribution in [3.8, 4) is 0 Å². The van der Waals surface area contributed by atoms with E-state index in [1.165, 1.54) is 28.6 Å². The van der Waals surface area contributed by atoms with Gasteiger partial charge in [-0.25, -0.2) is 22.0 Å². The Bertz CT molecular complexity index is 1430. The van der Waals surface area contributed by atoms with Crippen molar-refractivity contribution in [2.45, 2.75) is 11.4 Å². The van der Waals surface area contributed by atoms with Gasteiger partial charge in [-0.3, -0.25) is 9.10 Å².